The van der Waals surface area contributed by atoms with Crippen molar-refractivity contribution in [2.75, 3.05) is 5.75 Å². The summed E-state index contributed by atoms with van der Waals surface area (Å²) >= 11 is 10.7. The highest BCUT2D eigenvalue weighted by molar-refractivity contribution is 9.10. The predicted octanol–water partition coefficient (Wildman–Crippen LogP) is 3.46. The van der Waals surface area contributed by atoms with Crippen molar-refractivity contribution in [1.82, 2.24) is 9.55 Å². The third kappa shape index (κ3) is 3.07. The van der Waals surface area contributed by atoms with Crippen LogP contribution in [0.25, 0.3) is 5.69 Å². The standard InChI is InChI=1S/C11H8BrClN2O2S/c12-7-1-2-8(13)9(5-7)15-4-3-14-11(15)18-6-10(16)17/h1-5H,6H2,(H,16,17). The molecule has 1 aromatic heterocycles. The fourth-order valence-electron chi connectivity index (χ4n) is 1.38. The van der Waals surface area contributed by atoms with Gasteiger partial charge in [0.15, 0.2) is 5.16 Å². The zero-order chi connectivity index (χ0) is 13.1. The van der Waals surface area contributed by atoms with Crippen molar-refractivity contribution in [3.8, 4) is 5.69 Å². The second-order valence-corrected chi connectivity index (χ2v) is 5.62. The minimum absolute atomic E-state index is 0.0391. The van der Waals surface area contributed by atoms with Gasteiger partial charge in [-0.15, -0.1) is 0 Å². The summed E-state index contributed by atoms with van der Waals surface area (Å²) in [6.07, 6.45) is 3.36. The van der Waals surface area contributed by atoms with E-state index in [1.807, 2.05) is 12.1 Å². The Bertz CT molecular complexity index is 588. The summed E-state index contributed by atoms with van der Waals surface area (Å²) in [7, 11) is 0. The van der Waals surface area contributed by atoms with Crippen molar-refractivity contribution >= 4 is 45.3 Å². The number of hydrogen-bond donors (Lipinski definition) is 1. The Morgan fingerprint density at radius 2 is 2.33 bits per heavy atom. The number of carboxylic acids is 1. The van der Waals surface area contributed by atoms with Gasteiger partial charge >= 0.3 is 5.97 Å². The predicted molar refractivity (Wildman–Crippen MR) is 74.6 cm³/mol. The van der Waals surface area contributed by atoms with Crippen molar-refractivity contribution in [3.63, 3.8) is 0 Å². The smallest absolute Gasteiger partial charge is 0.313 e. The number of hydrogen-bond acceptors (Lipinski definition) is 3. The van der Waals surface area contributed by atoms with Crippen LogP contribution in [0.2, 0.25) is 5.02 Å². The van der Waals surface area contributed by atoms with Crippen LogP contribution in [0.1, 0.15) is 0 Å². The van der Waals surface area contributed by atoms with E-state index < -0.39 is 5.97 Å². The molecule has 0 radical (unpaired) electrons. The van der Waals surface area contributed by atoms with Gasteiger partial charge in [-0.05, 0) is 18.2 Å². The Labute approximate surface area is 121 Å². The van der Waals surface area contributed by atoms with Crippen molar-refractivity contribution in [1.29, 1.82) is 0 Å². The molecule has 4 nitrogen and oxygen atoms in total. The Kier molecular flexibility index (Phi) is 4.31. The molecule has 0 aliphatic rings. The SMILES string of the molecule is O=C(O)CSc1nccn1-c1cc(Br)ccc1Cl. The maximum absolute atomic E-state index is 10.6. The Balaban J connectivity index is 2.36. The van der Waals surface area contributed by atoms with E-state index in [0.29, 0.717) is 10.2 Å². The number of rotatable bonds is 4. The molecule has 0 saturated heterocycles. The molecular formula is C11H8BrClN2O2S. The van der Waals surface area contributed by atoms with E-state index in [1.165, 1.54) is 0 Å². The van der Waals surface area contributed by atoms with E-state index in [0.717, 1.165) is 21.9 Å². The monoisotopic (exact) mass is 346 g/mol. The van der Waals surface area contributed by atoms with Crippen molar-refractivity contribution < 1.29 is 9.90 Å². The molecule has 2 aromatic rings. The fourth-order valence-corrected chi connectivity index (χ4v) is 2.62. The maximum Gasteiger partial charge on any atom is 0.313 e. The summed E-state index contributed by atoms with van der Waals surface area (Å²) in [6, 6.07) is 5.47. The van der Waals surface area contributed by atoms with Crippen LogP contribution >= 0.6 is 39.3 Å². The number of carboxylic acid groups (broad SMARTS) is 1. The van der Waals surface area contributed by atoms with Crippen LogP contribution in [0.15, 0.2) is 40.2 Å². The highest BCUT2D eigenvalue weighted by Crippen LogP contribution is 2.28. The summed E-state index contributed by atoms with van der Waals surface area (Å²) in [6.45, 7) is 0. The maximum atomic E-state index is 10.6. The summed E-state index contributed by atoms with van der Waals surface area (Å²) in [5.41, 5.74) is 0.761. The normalized spacial score (nSPS) is 10.6. The van der Waals surface area contributed by atoms with Gasteiger partial charge in [-0.25, -0.2) is 4.98 Å². The minimum Gasteiger partial charge on any atom is -0.481 e. The summed E-state index contributed by atoms with van der Waals surface area (Å²) < 4.78 is 2.66. The second kappa shape index (κ2) is 5.77. The molecular weight excluding hydrogens is 340 g/mol. The van der Waals surface area contributed by atoms with E-state index in [9.17, 15) is 4.79 Å². The molecule has 7 heteroatoms. The first-order valence-corrected chi connectivity index (χ1v) is 7.07. The Morgan fingerprint density at radius 1 is 1.56 bits per heavy atom. The van der Waals surface area contributed by atoms with Crippen LogP contribution in [-0.4, -0.2) is 26.4 Å². The Morgan fingerprint density at radius 3 is 3.06 bits per heavy atom. The molecule has 0 atom stereocenters. The zero-order valence-corrected chi connectivity index (χ0v) is 12.2. The van der Waals surface area contributed by atoms with Gasteiger partial charge in [-0.2, -0.15) is 0 Å². The summed E-state index contributed by atoms with van der Waals surface area (Å²) in [5, 5.41) is 9.85. The molecule has 1 aromatic carbocycles. The number of aliphatic carboxylic acids is 1. The van der Waals surface area contributed by atoms with E-state index >= 15 is 0 Å². The highest BCUT2D eigenvalue weighted by Gasteiger charge is 2.10. The number of nitrogens with zero attached hydrogens (tertiary/aromatic N) is 2. The molecule has 0 aliphatic carbocycles. The minimum atomic E-state index is -0.880. The first kappa shape index (κ1) is 13.5. The van der Waals surface area contributed by atoms with E-state index in [-0.39, 0.29) is 5.75 Å². The number of thioether (sulfide) groups is 1. The average molecular weight is 348 g/mol. The van der Waals surface area contributed by atoms with Gasteiger partial charge in [0.1, 0.15) is 0 Å². The molecule has 0 bridgehead atoms. The number of halogens is 2. The van der Waals surface area contributed by atoms with Crippen LogP contribution in [0.3, 0.4) is 0 Å². The number of carbonyl (C=O) groups is 1. The lowest BCUT2D eigenvalue weighted by atomic mass is 10.3. The number of benzene rings is 1. The molecule has 18 heavy (non-hydrogen) atoms. The molecule has 0 fully saturated rings. The van der Waals surface area contributed by atoms with E-state index in [1.54, 1.807) is 23.0 Å². The Hall–Kier alpha value is -0.980. The molecule has 0 unspecified atom stereocenters. The van der Waals surface area contributed by atoms with Crippen molar-refractivity contribution in [3.05, 3.63) is 40.1 Å². The third-order valence-corrected chi connectivity index (χ3v) is 3.86. The van der Waals surface area contributed by atoms with E-state index in [2.05, 4.69) is 20.9 Å². The van der Waals surface area contributed by atoms with Crippen LogP contribution < -0.4 is 0 Å². The first-order valence-electron chi connectivity index (χ1n) is 4.91. The van der Waals surface area contributed by atoms with Crippen molar-refractivity contribution in [2.45, 2.75) is 5.16 Å². The van der Waals surface area contributed by atoms with Gasteiger partial charge < -0.3 is 5.11 Å². The van der Waals surface area contributed by atoms with Crippen LogP contribution in [0, 0.1) is 0 Å². The van der Waals surface area contributed by atoms with Gasteiger partial charge in [-0.3, -0.25) is 9.36 Å². The second-order valence-electron chi connectivity index (χ2n) is 3.36. The molecule has 1 N–H and O–H groups in total. The fraction of sp³-hybridized carbons (Fsp3) is 0.0909. The lowest BCUT2D eigenvalue weighted by molar-refractivity contribution is -0.133. The quantitative estimate of drug-likeness (QED) is 0.861. The first-order chi connectivity index (χ1) is 8.58. The number of imidazole rings is 1. The zero-order valence-electron chi connectivity index (χ0n) is 9.01. The van der Waals surface area contributed by atoms with Crippen molar-refractivity contribution in [2.24, 2.45) is 0 Å². The van der Waals surface area contributed by atoms with Gasteiger partial charge in [0.2, 0.25) is 0 Å². The lowest BCUT2D eigenvalue weighted by Gasteiger charge is -2.09. The molecule has 0 aliphatic heterocycles. The third-order valence-electron chi connectivity index (χ3n) is 2.10. The van der Waals surface area contributed by atoms with Gasteiger partial charge in [0, 0.05) is 16.9 Å². The van der Waals surface area contributed by atoms with E-state index in [4.69, 9.17) is 16.7 Å². The molecule has 0 amide bonds. The molecule has 2 rings (SSSR count). The molecule has 0 saturated carbocycles. The molecule has 0 spiro atoms. The van der Waals surface area contributed by atoms with Crippen LogP contribution in [-0.2, 0) is 4.79 Å². The van der Waals surface area contributed by atoms with Gasteiger partial charge in [0.05, 0.1) is 16.5 Å². The highest BCUT2D eigenvalue weighted by atomic mass is 79.9. The summed E-state index contributed by atoms with van der Waals surface area (Å²) in [5.74, 6) is -0.919. The lowest BCUT2D eigenvalue weighted by Crippen LogP contribution is -2.01. The van der Waals surface area contributed by atoms with Crippen LogP contribution in [0.5, 0.6) is 0 Å². The van der Waals surface area contributed by atoms with Crippen LogP contribution in [0.4, 0.5) is 0 Å². The van der Waals surface area contributed by atoms with Gasteiger partial charge in [0.25, 0.3) is 0 Å². The molecule has 94 valence electrons. The molecule has 1 heterocycles. The topological polar surface area (TPSA) is 55.1 Å². The largest absolute Gasteiger partial charge is 0.481 e. The average Bonchev–Trinajstić information content (AvgIpc) is 2.77. The number of aromatic nitrogens is 2. The van der Waals surface area contributed by atoms with Gasteiger partial charge in [-0.1, -0.05) is 39.3 Å². The summed E-state index contributed by atoms with van der Waals surface area (Å²) in [4.78, 5) is 14.7.